The summed E-state index contributed by atoms with van der Waals surface area (Å²) in [6, 6.07) is 22.4. The molecule has 3 aromatic carbocycles. The van der Waals surface area contributed by atoms with E-state index in [4.69, 9.17) is 30.5 Å². The van der Waals surface area contributed by atoms with E-state index >= 15 is 0 Å². The molecule has 29 heavy (non-hydrogen) atoms. The molecule has 0 saturated carbocycles. The number of hydrogen-bond acceptors (Lipinski definition) is 6. The van der Waals surface area contributed by atoms with Gasteiger partial charge in [-0.15, -0.1) is 0 Å². The minimum Gasteiger partial charge on any atom is -0.457 e. The topological polar surface area (TPSA) is 114 Å². The predicted octanol–water partition coefficient (Wildman–Crippen LogP) is 5.07. The van der Waals surface area contributed by atoms with Crippen molar-refractivity contribution in [3.05, 3.63) is 82.4 Å². The molecule has 0 spiro atoms. The molecule has 3 aromatic rings. The standard InChI is InChI=1S/C23H12N4O2/c1-15-6-22(28-20-4-2-16(11-24)18(8-20)13-26)10-23(7-15)29-21-5-3-17(12-25)19(9-21)14-27/h2-10H,1H3. The molecule has 0 atom stereocenters. The number of nitrogens with zero attached hydrogens (tertiary/aromatic N) is 4. The zero-order valence-electron chi connectivity index (χ0n) is 15.3. The van der Waals surface area contributed by atoms with E-state index in [0.717, 1.165) is 5.56 Å². The number of benzene rings is 3. The quantitative estimate of drug-likeness (QED) is 0.628. The summed E-state index contributed by atoms with van der Waals surface area (Å²) < 4.78 is 11.7. The SMILES string of the molecule is Cc1cc(Oc2ccc(C#N)c(C#N)c2)cc(Oc2ccc(C#N)c(C#N)c2)c1. The van der Waals surface area contributed by atoms with Gasteiger partial charge in [0.15, 0.2) is 0 Å². The minimum atomic E-state index is 0.232. The highest BCUT2D eigenvalue weighted by Crippen LogP contribution is 2.31. The first-order valence-electron chi connectivity index (χ1n) is 8.42. The zero-order valence-corrected chi connectivity index (χ0v) is 15.3. The van der Waals surface area contributed by atoms with E-state index in [0.29, 0.717) is 23.0 Å². The monoisotopic (exact) mass is 376 g/mol. The number of hydrogen-bond donors (Lipinski definition) is 0. The molecule has 6 heteroatoms. The summed E-state index contributed by atoms with van der Waals surface area (Å²) in [7, 11) is 0. The van der Waals surface area contributed by atoms with Crippen LogP contribution in [0, 0.1) is 52.2 Å². The maximum Gasteiger partial charge on any atom is 0.131 e. The molecular weight excluding hydrogens is 364 g/mol. The fraction of sp³-hybridized carbons (Fsp3) is 0.0435. The van der Waals surface area contributed by atoms with Gasteiger partial charge < -0.3 is 9.47 Å². The molecule has 0 heterocycles. The molecular formula is C23H12N4O2. The number of rotatable bonds is 4. The number of ether oxygens (including phenoxy) is 2. The first-order valence-corrected chi connectivity index (χ1v) is 8.42. The maximum atomic E-state index is 9.15. The maximum absolute atomic E-state index is 9.15. The van der Waals surface area contributed by atoms with Crippen LogP contribution in [0.2, 0.25) is 0 Å². The Kier molecular flexibility index (Phi) is 5.42. The molecule has 0 unspecified atom stereocenters. The summed E-state index contributed by atoms with van der Waals surface area (Å²) in [5.41, 5.74) is 1.90. The highest BCUT2D eigenvalue weighted by molar-refractivity contribution is 5.52. The van der Waals surface area contributed by atoms with Gasteiger partial charge in [-0.1, -0.05) is 0 Å². The van der Waals surface area contributed by atoms with Crippen molar-refractivity contribution >= 4 is 0 Å². The Morgan fingerprint density at radius 2 is 0.931 bits per heavy atom. The Bertz CT molecular complexity index is 1170. The summed E-state index contributed by atoms with van der Waals surface area (Å²) in [5.74, 6) is 1.81. The summed E-state index contributed by atoms with van der Waals surface area (Å²) in [5, 5.41) is 36.3. The van der Waals surface area contributed by atoms with Gasteiger partial charge in [0, 0.05) is 6.07 Å². The van der Waals surface area contributed by atoms with Crippen LogP contribution in [0.3, 0.4) is 0 Å². The smallest absolute Gasteiger partial charge is 0.131 e. The molecule has 3 rings (SSSR count). The lowest BCUT2D eigenvalue weighted by molar-refractivity contribution is 0.459. The molecule has 0 aromatic heterocycles. The van der Waals surface area contributed by atoms with Crippen LogP contribution in [-0.2, 0) is 0 Å². The van der Waals surface area contributed by atoms with Crippen LogP contribution in [0.1, 0.15) is 27.8 Å². The molecule has 0 aliphatic rings. The van der Waals surface area contributed by atoms with Gasteiger partial charge >= 0.3 is 0 Å². The number of aryl methyl sites for hydroxylation is 1. The van der Waals surface area contributed by atoms with E-state index in [1.165, 1.54) is 24.3 Å². The van der Waals surface area contributed by atoms with Crippen molar-refractivity contribution in [2.24, 2.45) is 0 Å². The third-order valence-electron chi connectivity index (χ3n) is 3.96. The first kappa shape index (κ1) is 19.0. The fourth-order valence-corrected chi connectivity index (χ4v) is 2.66. The summed E-state index contributed by atoms with van der Waals surface area (Å²) in [6.45, 7) is 1.87. The molecule has 0 aliphatic heterocycles. The van der Waals surface area contributed by atoms with Crippen LogP contribution in [0.4, 0.5) is 0 Å². The molecule has 0 fully saturated rings. The Hall–Kier alpha value is -4.78. The van der Waals surface area contributed by atoms with Gasteiger partial charge in [0.25, 0.3) is 0 Å². The van der Waals surface area contributed by atoms with Gasteiger partial charge in [-0.05, 0) is 61.0 Å². The van der Waals surface area contributed by atoms with Gasteiger partial charge in [0.05, 0.1) is 22.3 Å². The summed E-state index contributed by atoms with van der Waals surface area (Å²) in [6.07, 6.45) is 0. The lowest BCUT2D eigenvalue weighted by Crippen LogP contribution is -1.92. The van der Waals surface area contributed by atoms with E-state index in [1.54, 1.807) is 30.3 Å². The zero-order chi connectivity index (χ0) is 20.8. The van der Waals surface area contributed by atoms with Gasteiger partial charge in [0.1, 0.15) is 47.3 Å². The van der Waals surface area contributed by atoms with Crippen molar-refractivity contribution in [3.8, 4) is 47.3 Å². The van der Waals surface area contributed by atoms with Gasteiger partial charge in [-0.3, -0.25) is 0 Å². The minimum absolute atomic E-state index is 0.232. The van der Waals surface area contributed by atoms with Crippen LogP contribution >= 0.6 is 0 Å². The van der Waals surface area contributed by atoms with Gasteiger partial charge in [-0.25, -0.2) is 0 Å². The normalized spacial score (nSPS) is 9.41. The third-order valence-corrected chi connectivity index (χ3v) is 3.96. The second-order valence-electron chi connectivity index (χ2n) is 6.05. The van der Waals surface area contributed by atoms with Gasteiger partial charge in [-0.2, -0.15) is 21.0 Å². The van der Waals surface area contributed by atoms with Crippen molar-refractivity contribution in [2.75, 3.05) is 0 Å². The van der Waals surface area contributed by atoms with Crippen LogP contribution in [0.15, 0.2) is 54.6 Å². The van der Waals surface area contributed by atoms with E-state index in [-0.39, 0.29) is 22.3 Å². The third kappa shape index (κ3) is 4.32. The molecule has 0 saturated heterocycles. The highest BCUT2D eigenvalue weighted by Gasteiger charge is 2.09. The second kappa shape index (κ2) is 8.28. The Morgan fingerprint density at radius 3 is 1.31 bits per heavy atom. The molecule has 0 aliphatic carbocycles. The number of nitriles is 4. The van der Waals surface area contributed by atoms with Crippen molar-refractivity contribution in [1.82, 2.24) is 0 Å². The molecule has 0 bridgehead atoms. The lowest BCUT2D eigenvalue weighted by Gasteiger charge is -2.11. The molecule has 136 valence electrons. The van der Waals surface area contributed by atoms with E-state index in [2.05, 4.69) is 0 Å². The van der Waals surface area contributed by atoms with Crippen LogP contribution in [-0.4, -0.2) is 0 Å². The van der Waals surface area contributed by atoms with Crippen molar-refractivity contribution in [1.29, 1.82) is 21.0 Å². The highest BCUT2D eigenvalue weighted by atomic mass is 16.5. The summed E-state index contributed by atoms with van der Waals surface area (Å²) >= 11 is 0. The van der Waals surface area contributed by atoms with Gasteiger partial charge in [0.2, 0.25) is 0 Å². The Labute approximate surface area is 167 Å². The van der Waals surface area contributed by atoms with Crippen LogP contribution in [0.5, 0.6) is 23.0 Å². The molecule has 0 radical (unpaired) electrons. The Morgan fingerprint density at radius 1 is 0.517 bits per heavy atom. The van der Waals surface area contributed by atoms with E-state index in [1.807, 2.05) is 31.2 Å². The average molecular weight is 376 g/mol. The Balaban J connectivity index is 1.88. The predicted molar refractivity (Wildman–Crippen MR) is 103 cm³/mol. The van der Waals surface area contributed by atoms with Crippen LogP contribution < -0.4 is 9.47 Å². The van der Waals surface area contributed by atoms with Crippen molar-refractivity contribution < 1.29 is 9.47 Å². The fourth-order valence-electron chi connectivity index (χ4n) is 2.66. The summed E-state index contributed by atoms with van der Waals surface area (Å²) in [4.78, 5) is 0. The van der Waals surface area contributed by atoms with E-state index < -0.39 is 0 Å². The lowest BCUT2D eigenvalue weighted by atomic mass is 10.1. The largest absolute Gasteiger partial charge is 0.457 e. The van der Waals surface area contributed by atoms with Crippen LogP contribution in [0.25, 0.3) is 0 Å². The van der Waals surface area contributed by atoms with E-state index in [9.17, 15) is 0 Å². The first-order chi connectivity index (χ1) is 14.1. The average Bonchev–Trinajstić information content (AvgIpc) is 2.73. The molecule has 0 N–H and O–H groups in total. The van der Waals surface area contributed by atoms with Crippen molar-refractivity contribution in [3.63, 3.8) is 0 Å². The molecule has 0 amide bonds. The van der Waals surface area contributed by atoms with Crippen molar-refractivity contribution in [2.45, 2.75) is 6.92 Å². The molecule has 6 nitrogen and oxygen atoms in total. The second-order valence-corrected chi connectivity index (χ2v) is 6.05.